The maximum absolute atomic E-state index is 4.08. The summed E-state index contributed by atoms with van der Waals surface area (Å²) in [6, 6.07) is 65.6. The summed E-state index contributed by atoms with van der Waals surface area (Å²) < 4.78 is 5.24. The standard InChI is InChI=1S/C55H37BN2S2/c1-55(2)42-21-13-22-44-51(42)58(47-30-34-17-7-6-16-33(34)28-43(47)55)52-50(56-44)40(31-41-38-19-9-11-25-49(38)60-54(41)52)36-27-26-35(32-14-4-3-5-15-32)29-46(36)57-45-23-12-20-39-37-18-8-10-24-48(37)59-53(39)45/h3-31,56-57H,1-2H3. The summed E-state index contributed by atoms with van der Waals surface area (Å²) in [5.41, 5.74) is 16.4. The van der Waals surface area contributed by atoms with Gasteiger partial charge in [0.15, 0.2) is 7.28 Å². The van der Waals surface area contributed by atoms with E-state index in [1.165, 1.54) is 112 Å². The minimum Gasteiger partial charge on any atom is -0.354 e. The van der Waals surface area contributed by atoms with E-state index in [1.807, 2.05) is 22.7 Å². The average Bonchev–Trinajstić information content (AvgIpc) is 3.86. The lowest BCUT2D eigenvalue weighted by Gasteiger charge is -2.46. The third-order valence-corrected chi connectivity index (χ3v) is 15.6. The fourth-order valence-corrected chi connectivity index (χ4v) is 12.7. The van der Waals surface area contributed by atoms with Crippen LogP contribution in [0.5, 0.6) is 0 Å². The highest BCUT2D eigenvalue weighted by molar-refractivity contribution is 7.27. The summed E-state index contributed by atoms with van der Waals surface area (Å²) in [6.45, 7) is 4.83. The molecule has 0 fully saturated rings. The van der Waals surface area contributed by atoms with Crippen molar-refractivity contribution in [1.82, 2.24) is 0 Å². The summed E-state index contributed by atoms with van der Waals surface area (Å²) in [6.07, 6.45) is 0. The van der Waals surface area contributed by atoms with Crippen LogP contribution in [0.25, 0.3) is 73.4 Å². The molecule has 0 saturated carbocycles. The predicted octanol–water partition coefficient (Wildman–Crippen LogP) is 14.5. The minimum atomic E-state index is -0.173. The Hall–Kier alpha value is -6.66. The molecule has 0 bridgehead atoms. The van der Waals surface area contributed by atoms with E-state index < -0.39 is 0 Å². The molecule has 0 saturated heterocycles. The van der Waals surface area contributed by atoms with Crippen molar-refractivity contribution < 1.29 is 0 Å². The first-order chi connectivity index (χ1) is 29.5. The van der Waals surface area contributed by atoms with E-state index in [9.17, 15) is 0 Å². The van der Waals surface area contributed by atoms with Crippen LogP contribution >= 0.6 is 22.7 Å². The Morgan fingerprint density at radius 3 is 1.98 bits per heavy atom. The van der Waals surface area contributed by atoms with Gasteiger partial charge in [-0.15, -0.1) is 22.7 Å². The topological polar surface area (TPSA) is 15.3 Å². The summed E-state index contributed by atoms with van der Waals surface area (Å²) in [5, 5.41) is 11.8. The van der Waals surface area contributed by atoms with Gasteiger partial charge in [0, 0.05) is 53.3 Å². The number of hydrogen-bond acceptors (Lipinski definition) is 4. The molecule has 11 aromatic rings. The lowest BCUT2D eigenvalue weighted by atomic mass is 9.55. The number of rotatable bonds is 4. The van der Waals surface area contributed by atoms with Gasteiger partial charge in [-0.25, -0.2) is 0 Å². The van der Waals surface area contributed by atoms with Crippen molar-refractivity contribution in [2.75, 3.05) is 10.2 Å². The number of thiophene rings is 2. The van der Waals surface area contributed by atoms with E-state index in [4.69, 9.17) is 0 Å². The van der Waals surface area contributed by atoms with Crippen LogP contribution in [0.4, 0.5) is 28.4 Å². The molecule has 0 unspecified atom stereocenters. The SMILES string of the molecule is CC1(C)c2cc3ccccc3cc2N2c3c(cccc31)Bc1c(-c3ccc(-c4ccccc4)cc3Nc3cccc4c3sc3ccccc34)cc3c(sc4ccccc43)c12. The summed E-state index contributed by atoms with van der Waals surface area (Å²) >= 11 is 3.80. The molecule has 2 aliphatic rings. The maximum Gasteiger partial charge on any atom is 0.198 e. The zero-order valence-electron chi connectivity index (χ0n) is 33.2. The largest absolute Gasteiger partial charge is 0.354 e. The van der Waals surface area contributed by atoms with Crippen molar-refractivity contribution in [3.8, 4) is 22.3 Å². The molecule has 60 heavy (non-hydrogen) atoms. The van der Waals surface area contributed by atoms with Crippen LogP contribution < -0.4 is 21.1 Å². The van der Waals surface area contributed by atoms with Crippen molar-refractivity contribution in [2.45, 2.75) is 19.3 Å². The van der Waals surface area contributed by atoms with Gasteiger partial charge in [-0.3, -0.25) is 0 Å². The summed E-state index contributed by atoms with van der Waals surface area (Å²) in [7, 11) is 0.847. The van der Waals surface area contributed by atoms with Gasteiger partial charge in [0.05, 0.1) is 26.5 Å². The van der Waals surface area contributed by atoms with Gasteiger partial charge in [0.25, 0.3) is 0 Å². The zero-order valence-corrected chi connectivity index (χ0v) is 34.8. The molecule has 4 heterocycles. The monoisotopic (exact) mass is 800 g/mol. The van der Waals surface area contributed by atoms with Crippen LogP contribution in [-0.2, 0) is 5.41 Å². The number of nitrogens with one attached hydrogen (secondary N) is 1. The molecular formula is C55H37BN2S2. The van der Waals surface area contributed by atoms with E-state index in [0.717, 1.165) is 18.7 Å². The van der Waals surface area contributed by atoms with Crippen molar-refractivity contribution in [3.05, 3.63) is 187 Å². The minimum absolute atomic E-state index is 0.173. The van der Waals surface area contributed by atoms with Gasteiger partial charge in [0.1, 0.15) is 0 Å². The van der Waals surface area contributed by atoms with E-state index in [2.05, 4.69) is 200 Å². The molecule has 2 nitrogen and oxygen atoms in total. The quantitative estimate of drug-likeness (QED) is 0.178. The Kier molecular flexibility index (Phi) is 7.23. The third kappa shape index (κ3) is 4.88. The highest BCUT2D eigenvalue weighted by atomic mass is 32.1. The molecule has 0 amide bonds. The van der Waals surface area contributed by atoms with E-state index in [0.29, 0.717) is 0 Å². The Labute approximate surface area is 357 Å². The maximum atomic E-state index is 4.08. The third-order valence-electron chi connectivity index (χ3n) is 13.2. The predicted molar refractivity (Wildman–Crippen MR) is 264 cm³/mol. The number of nitrogens with zero attached hydrogens (tertiary/aromatic N) is 1. The highest BCUT2D eigenvalue weighted by Gasteiger charge is 2.42. The van der Waals surface area contributed by atoms with Gasteiger partial charge in [-0.05, 0) is 86.5 Å². The van der Waals surface area contributed by atoms with Gasteiger partial charge in [-0.1, -0.05) is 153 Å². The Bertz CT molecular complexity index is 3600. The van der Waals surface area contributed by atoms with Gasteiger partial charge >= 0.3 is 0 Å². The van der Waals surface area contributed by atoms with Gasteiger partial charge in [-0.2, -0.15) is 0 Å². The number of fused-ring (bicyclic) bond motifs is 12. The number of para-hydroxylation sites is 1. The Morgan fingerprint density at radius 1 is 0.483 bits per heavy atom. The molecule has 0 spiro atoms. The molecule has 2 aliphatic heterocycles. The first-order valence-electron chi connectivity index (χ1n) is 20.8. The second-order valence-electron chi connectivity index (χ2n) is 16.9. The molecule has 9 aromatic carbocycles. The lowest BCUT2D eigenvalue weighted by molar-refractivity contribution is 0.634. The zero-order chi connectivity index (χ0) is 39.7. The van der Waals surface area contributed by atoms with Crippen molar-refractivity contribution in [3.63, 3.8) is 0 Å². The molecule has 5 heteroatoms. The lowest BCUT2D eigenvalue weighted by Crippen LogP contribution is -2.45. The van der Waals surface area contributed by atoms with E-state index in [-0.39, 0.29) is 5.41 Å². The van der Waals surface area contributed by atoms with E-state index in [1.54, 1.807) is 0 Å². The summed E-state index contributed by atoms with van der Waals surface area (Å²) in [4.78, 5) is 2.67. The van der Waals surface area contributed by atoms with Crippen molar-refractivity contribution >= 4 is 120 Å². The number of benzene rings is 9. The molecule has 13 rings (SSSR count). The first-order valence-corrected chi connectivity index (χ1v) is 22.4. The summed E-state index contributed by atoms with van der Waals surface area (Å²) in [5.74, 6) is 0. The number of anilines is 5. The molecule has 0 aliphatic carbocycles. The molecule has 282 valence electrons. The van der Waals surface area contributed by atoms with Gasteiger partial charge < -0.3 is 10.2 Å². The Morgan fingerprint density at radius 2 is 1.17 bits per heavy atom. The number of hydrogen-bond donors (Lipinski definition) is 1. The van der Waals surface area contributed by atoms with Crippen LogP contribution in [0, 0.1) is 0 Å². The van der Waals surface area contributed by atoms with Crippen LogP contribution in [0.3, 0.4) is 0 Å². The van der Waals surface area contributed by atoms with Crippen LogP contribution in [0.15, 0.2) is 176 Å². The Balaban J connectivity index is 1.12. The fraction of sp³-hybridized carbons (Fsp3) is 0.0545. The van der Waals surface area contributed by atoms with Crippen molar-refractivity contribution in [2.24, 2.45) is 0 Å². The fourth-order valence-electron chi connectivity index (χ4n) is 10.3. The van der Waals surface area contributed by atoms with Crippen LogP contribution in [-0.4, -0.2) is 7.28 Å². The molecule has 2 aromatic heterocycles. The van der Waals surface area contributed by atoms with Crippen molar-refractivity contribution in [1.29, 1.82) is 0 Å². The normalized spacial score (nSPS) is 13.7. The second-order valence-corrected chi connectivity index (χ2v) is 19.0. The molecular weight excluding hydrogens is 764 g/mol. The van der Waals surface area contributed by atoms with Crippen LogP contribution in [0.1, 0.15) is 25.0 Å². The first kappa shape index (κ1) is 34.2. The molecule has 1 N–H and O–H groups in total. The smallest absolute Gasteiger partial charge is 0.198 e. The second kappa shape index (κ2) is 12.7. The molecule has 0 atom stereocenters. The average molecular weight is 801 g/mol. The van der Waals surface area contributed by atoms with Crippen LogP contribution in [0.2, 0.25) is 0 Å². The molecule has 0 radical (unpaired) electrons. The highest BCUT2D eigenvalue weighted by Crippen LogP contribution is 2.56. The van der Waals surface area contributed by atoms with E-state index >= 15 is 0 Å². The van der Waals surface area contributed by atoms with Gasteiger partial charge in [0.2, 0.25) is 0 Å².